The van der Waals surface area contributed by atoms with Crippen molar-refractivity contribution >= 4 is 17.0 Å². The predicted molar refractivity (Wildman–Crippen MR) is 61.7 cm³/mol. The van der Waals surface area contributed by atoms with Crippen LogP contribution in [0, 0.1) is 0 Å². The minimum atomic E-state index is -1.25. The van der Waals surface area contributed by atoms with E-state index in [-0.39, 0.29) is 16.8 Å². The van der Waals surface area contributed by atoms with Gasteiger partial charge in [-0.2, -0.15) is 0 Å². The monoisotopic (exact) mass is 235 g/mol. The summed E-state index contributed by atoms with van der Waals surface area (Å²) >= 11 is 0. The molecule has 0 rings (SSSR count). The van der Waals surface area contributed by atoms with Gasteiger partial charge in [-0.1, -0.05) is 0 Å². The van der Waals surface area contributed by atoms with Gasteiger partial charge < -0.3 is 4.74 Å². The zero-order chi connectivity index (χ0) is 12.2. The molecule has 0 saturated heterocycles. The fourth-order valence-electron chi connectivity index (χ4n) is 0.720. The number of esters is 1. The molecule has 0 aromatic heterocycles. The first-order chi connectivity index (χ1) is 6.64. The van der Waals surface area contributed by atoms with E-state index in [1.54, 1.807) is 20.8 Å². The first-order valence-electron chi connectivity index (χ1n) is 5.03. The zero-order valence-electron chi connectivity index (χ0n) is 10.3. The highest BCUT2D eigenvalue weighted by Gasteiger charge is 2.24. The summed E-state index contributed by atoms with van der Waals surface area (Å²) in [7, 11) is -1.25. The van der Waals surface area contributed by atoms with Crippen LogP contribution in [0.1, 0.15) is 41.5 Å². The van der Waals surface area contributed by atoms with Crippen molar-refractivity contribution in [2.24, 2.45) is 0 Å². The van der Waals surface area contributed by atoms with Gasteiger partial charge in [0.15, 0.2) is 0 Å². The number of carbonyl (C=O) groups excluding carboxylic acids is 1. The number of nitrogens with one attached hydrogen (secondary N) is 1. The van der Waals surface area contributed by atoms with Crippen LogP contribution < -0.4 is 4.72 Å². The number of carbonyl (C=O) groups is 1. The average Bonchev–Trinajstić information content (AvgIpc) is 2.00. The van der Waals surface area contributed by atoms with E-state index in [4.69, 9.17) is 4.74 Å². The Hall–Kier alpha value is -0.420. The van der Waals surface area contributed by atoms with Gasteiger partial charge in [-0.3, -0.25) is 4.79 Å². The lowest BCUT2D eigenvalue weighted by molar-refractivity contribution is -0.148. The lowest BCUT2D eigenvalue weighted by Crippen LogP contribution is -2.43. The molecule has 5 heteroatoms. The molecule has 90 valence electrons. The molecule has 0 amide bonds. The molecular formula is C10H21NO3S. The summed E-state index contributed by atoms with van der Waals surface area (Å²) in [4.78, 5) is 11.4. The normalized spacial score (nSPS) is 16.2. The van der Waals surface area contributed by atoms with Crippen LogP contribution >= 0.6 is 0 Å². The Bertz CT molecular complexity index is 246. The molecule has 4 nitrogen and oxygen atoms in total. The SMILES string of the molecule is CC(C)OC(=O)C(C)NS(=O)C(C)(C)C. The minimum absolute atomic E-state index is 0.148. The maximum Gasteiger partial charge on any atom is 0.324 e. The molecule has 0 saturated carbocycles. The fraction of sp³-hybridized carbons (Fsp3) is 0.900. The van der Waals surface area contributed by atoms with E-state index in [0.717, 1.165) is 0 Å². The standard InChI is InChI=1S/C10H21NO3S/c1-7(2)14-9(12)8(3)11-15(13)10(4,5)6/h7-8,11H,1-6H3. The molecular weight excluding hydrogens is 214 g/mol. The average molecular weight is 235 g/mol. The highest BCUT2D eigenvalue weighted by atomic mass is 32.2. The van der Waals surface area contributed by atoms with Gasteiger partial charge in [-0.15, -0.1) is 0 Å². The van der Waals surface area contributed by atoms with Crippen molar-refractivity contribution in [2.75, 3.05) is 0 Å². The first-order valence-corrected chi connectivity index (χ1v) is 6.18. The number of hydrogen-bond acceptors (Lipinski definition) is 3. The molecule has 0 aliphatic rings. The summed E-state index contributed by atoms with van der Waals surface area (Å²) in [5, 5.41) is 0. The summed E-state index contributed by atoms with van der Waals surface area (Å²) in [5.41, 5.74) is 0. The molecule has 2 atom stereocenters. The molecule has 0 aromatic rings. The van der Waals surface area contributed by atoms with Gasteiger partial charge in [0.25, 0.3) is 0 Å². The molecule has 2 unspecified atom stereocenters. The van der Waals surface area contributed by atoms with Crippen LogP contribution in [0.5, 0.6) is 0 Å². The van der Waals surface area contributed by atoms with Crippen LogP contribution in [0.15, 0.2) is 0 Å². The maximum atomic E-state index is 11.7. The van der Waals surface area contributed by atoms with E-state index in [1.807, 2.05) is 20.8 Å². The predicted octanol–water partition coefficient (Wildman–Crippen LogP) is 1.38. The van der Waals surface area contributed by atoms with Crippen molar-refractivity contribution in [3.63, 3.8) is 0 Å². The minimum Gasteiger partial charge on any atom is -0.462 e. The van der Waals surface area contributed by atoms with Gasteiger partial charge in [0.05, 0.1) is 21.8 Å². The van der Waals surface area contributed by atoms with E-state index in [2.05, 4.69) is 4.72 Å². The van der Waals surface area contributed by atoms with Crippen molar-refractivity contribution < 1.29 is 13.7 Å². The van der Waals surface area contributed by atoms with Gasteiger partial charge in [0, 0.05) is 0 Å². The second-order valence-corrected chi connectivity index (χ2v) is 6.70. The summed E-state index contributed by atoms with van der Waals surface area (Å²) < 4.78 is 19.0. The maximum absolute atomic E-state index is 11.7. The highest BCUT2D eigenvalue weighted by Crippen LogP contribution is 2.09. The Kier molecular flexibility index (Phi) is 5.45. The number of ether oxygens (including phenoxy) is 1. The van der Waals surface area contributed by atoms with Crippen molar-refractivity contribution in [3.05, 3.63) is 0 Å². The number of rotatable bonds is 4. The zero-order valence-corrected chi connectivity index (χ0v) is 11.1. The van der Waals surface area contributed by atoms with Crippen LogP contribution in [-0.2, 0) is 20.5 Å². The van der Waals surface area contributed by atoms with Crippen LogP contribution in [0.25, 0.3) is 0 Å². The van der Waals surface area contributed by atoms with Gasteiger partial charge in [-0.25, -0.2) is 8.93 Å². The van der Waals surface area contributed by atoms with E-state index >= 15 is 0 Å². The Labute approximate surface area is 94.4 Å². The third-order valence-electron chi connectivity index (χ3n) is 1.55. The molecule has 0 heterocycles. The summed E-state index contributed by atoms with van der Waals surface area (Å²) in [5.74, 6) is -0.373. The second-order valence-electron chi connectivity index (χ2n) is 4.71. The summed E-state index contributed by atoms with van der Waals surface area (Å²) in [6.45, 7) is 10.7. The Morgan fingerprint density at radius 1 is 1.27 bits per heavy atom. The third-order valence-corrected chi connectivity index (χ3v) is 3.23. The molecule has 0 spiro atoms. The highest BCUT2D eigenvalue weighted by molar-refractivity contribution is 7.84. The Morgan fingerprint density at radius 3 is 2.07 bits per heavy atom. The van der Waals surface area contributed by atoms with Crippen molar-refractivity contribution in [1.82, 2.24) is 4.72 Å². The number of hydrogen-bond donors (Lipinski definition) is 1. The quantitative estimate of drug-likeness (QED) is 0.749. The molecule has 0 fully saturated rings. The van der Waals surface area contributed by atoms with E-state index in [9.17, 15) is 9.00 Å². The van der Waals surface area contributed by atoms with Gasteiger partial charge in [0.1, 0.15) is 6.04 Å². The van der Waals surface area contributed by atoms with Crippen molar-refractivity contribution in [2.45, 2.75) is 58.4 Å². The van der Waals surface area contributed by atoms with Gasteiger partial charge in [-0.05, 0) is 41.5 Å². The molecule has 0 aliphatic heterocycles. The molecule has 15 heavy (non-hydrogen) atoms. The fourth-order valence-corrected chi connectivity index (χ4v) is 1.49. The van der Waals surface area contributed by atoms with E-state index < -0.39 is 17.0 Å². The molecule has 0 radical (unpaired) electrons. The molecule has 0 bridgehead atoms. The first kappa shape index (κ1) is 14.6. The van der Waals surface area contributed by atoms with Crippen LogP contribution in [-0.4, -0.2) is 27.1 Å². The van der Waals surface area contributed by atoms with E-state index in [1.165, 1.54) is 0 Å². The Morgan fingerprint density at radius 2 is 1.73 bits per heavy atom. The smallest absolute Gasteiger partial charge is 0.324 e. The Balaban J connectivity index is 4.20. The van der Waals surface area contributed by atoms with Crippen molar-refractivity contribution in [3.8, 4) is 0 Å². The molecule has 1 N–H and O–H groups in total. The van der Waals surface area contributed by atoms with E-state index in [0.29, 0.717) is 0 Å². The van der Waals surface area contributed by atoms with Crippen molar-refractivity contribution in [1.29, 1.82) is 0 Å². The van der Waals surface area contributed by atoms with Gasteiger partial charge in [0.2, 0.25) is 0 Å². The summed E-state index contributed by atoms with van der Waals surface area (Å²) in [6, 6.07) is -0.549. The lowest BCUT2D eigenvalue weighted by Gasteiger charge is -2.21. The van der Waals surface area contributed by atoms with Crippen LogP contribution in [0.2, 0.25) is 0 Å². The summed E-state index contributed by atoms with van der Waals surface area (Å²) in [6.07, 6.45) is -0.148. The molecule has 0 aromatic carbocycles. The topological polar surface area (TPSA) is 55.4 Å². The largest absolute Gasteiger partial charge is 0.462 e. The third kappa shape index (κ3) is 5.89. The molecule has 0 aliphatic carbocycles. The lowest BCUT2D eigenvalue weighted by atomic mass is 10.3. The second kappa shape index (κ2) is 5.61. The van der Waals surface area contributed by atoms with Crippen LogP contribution in [0.3, 0.4) is 0 Å². The van der Waals surface area contributed by atoms with Gasteiger partial charge >= 0.3 is 5.97 Å². The van der Waals surface area contributed by atoms with Crippen LogP contribution in [0.4, 0.5) is 0 Å².